The summed E-state index contributed by atoms with van der Waals surface area (Å²) in [6.07, 6.45) is 7.07. The average Bonchev–Trinajstić information content (AvgIpc) is 3.44. The van der Waals surface area contributed by atoms with Gasteiger partial charge in [0.25, 0.3) is 0 Å². The molecule has 1 fully saturated rings. The number of benzene rings is 1. The molecule has 0 unspecified atom stereocenters. The van der Waals surface area contributed by atoms with Crippen molar-refractivity contribution in [2.45, 2.75) is 38.1 Å². The minimum atomic E-state index is 0.0235. The first-order chi connectivity index (χ1) is 14.7. The summed E-state index contributed by atoms with van der Waals surface area (Å²) in [6.45, 7) is 0.485. The maximum atomic E-state index is 12.6. The fourth-order valence-corrected chi connectivity index (χ4v) is 4.35. The molecule has 3 heterocycles. The summed E-state index contributed by atoms with van der Waals surface area (Å²) in [5, 5.41) is 21.6. The predicted octanol–water partition coefficient (Wildman–Crippen LogP) is 3.07. The number of hydrogen-bond acceptors (Lipinski definition) is 5. The molecule has 8 heteroatoms. The van der Waals surface area contributed by atoms with Crippen LogP contribution in [0.15, 0.2) is 42.9 Å². The Balaban J connectivity index is 1.23. The number of aromatic amines is 1. The molecule has 150 valence electrons. The molecule has 30 heavy (non-hydrogen) atoms. The highest BCUT2D eigenvalue weighted by atomic mass is 16.1. The summed E-state index contributed by atoms with van der Waals surface area (Å²) < 4.78 is 1.74. The summed E-state index contributed by atoms with van der Waals surface area (Å²) in [6, 6.07) is 11.4. The molecule has 3 aromatic heterocycles. The molecule has 1 aliphatic rings. The van der Waals surface area contributed by atoms with Gasteiger partial charge in [0.2, 0.25) is 5.91 Å². The number of H-pyrrole nitrogens is 1. The Hall–Kier alpha value is -3.73. The number of rotatable bonds is 4. The van der Waals surface area contributed by atoms with Crippen molar-refractivity contribution >= 4 is 22.5 Å². The monoisotopic (exact) mass is 399 g/mol. The molecule has 1 aliphatic carbocycles. The molecule has 0 atom stereocenters. The van der Waals surface area contributed by atoms with Crippen molar-refractivity contribution in [3.8, 4) is 6.07 Å². The molecule has 1 saturated carbocycles. The van der Waals surface area contributed by atoms with E-state index >= 15 is 0 Å². The molecular formula is C22H21N7O. The molecular weight excluding hydrogens is 378 g/mol. The van der Waals surface area contributed by atoms with E-state index in [0.29, 0.717) is 18.0 Å². The zero-order valence-electron chi connectivity index (χ0n) is 16.4. The van der Waals surface area contributed by atoms with E-state index in [2.05, 4.69) is 31.7 Å². The average molecular weight is 399 g/mol. The first kappa shape index (κ1) is 18.3. The predicted molar refractivity (Wildman–Crippen MR) is 110 cm³/mol. The topological polar surface area (TPSA) is 112 Å². The Morgan fingerprint density at radius 3 is 2.77 bits per heavy atom. The Morgan fingerprint density at radius 1 is 1.20 bits per heavy atom. The van der Waals surface area contributed by atoms with Gasteiger partial charge in [0, 0.05) is 30.0 Å². The molecule has 0 bridgehead atoms. The van der Waals surface area contributed by atoms with Crippen LogP contribution < -0.4 is 5.32 Å². The number of carbonyl (C=O) groups excluding carboxylic acids is 1. The highest BCUT2D eigenvalue weighted by molar-refractivity contribution is 5.92. The minimum Gasteiger partial charge on any atom is -0.352 e. The minimum absolute atomic E-state index is 0.0235. The van der Waals surface area contributed by atoms with E-state index in [9.17, 15) is 4.79 Å². The summed E-state index contributed by atoms with van der Waals surface area (Å²) >= 11 is 0. The SMILES string of the molecule is N#Cc1ccc(CNC(=O)C2CCC(c3nnn4cnc5[nH]ccc5c34)CC2)cc1. The Labute approximate surface area is 172 Å². The molecule has 0 saturated heterocycles. The van der Waals surface area contributed by atoms with Crippen LogP contribution in [-0.4, -0.2) is 30.7 Å². The third-order valence-corrected chi connectivity index (χ3v) is 6.03. The van der Waals surface area contributed by atoms with E-state index in [4.69, 9.17) is 5.26 Å². The number of fused-ring (bicyclic) bond motifs is 3. The van der Waals surface area contributed by atoms with Crippen LogP contribution in [-0.2, 0) is 11.3 Å². The molecule has 0 radical (unpaired) electrons. The van der Waals surface area contributed by atoms with Gasteiger partial charge < -0.3 is 10.3 Å². The van der Waals surface area contributed by atoms with E-state index in [1.807, 2.05) is 24.4 Å². The summed E-state index contributed by atoms with van der Waals surface area (Å²) in [5.41, 5.74) is 4.46. The van der Waals surface area contributed by atoms with E-state index < -0.39 is 0 Å². The highest BCUT2D eigenvalue weighted by Crippen LogP contribution is 2.37. The summed E-state index contributed by atoms with van der Waals surface area (Å²) in [7, 11) is 0. The van der Waals surface area contributed by atoms with E-state index in [0.717, 1.165) is 53.5 Å². The third-order valence-electron chi connectivity index (χ3n) is 6.03. The number of carbonyl (C=O) groups is 1. The van der Waals surface area contributed by atoms with E-state index in [-0.39, 0.29) is 11.8 Å². The highest BCUT2D eigenvalue weighted by Gasteiger charge is 2.30. The van der Waals surface area contributed by atoms with Gasteiger partial charge in [-0.25, -0.2) is 9.50 Å². The Kier molecular flexibility index (Phi) is 4.64. The molecule has 8 nitrogen and oxygen atoms in total. The fraction of sp³-hybridized carbons (Fsp3) is 0.318. The molecule has 4 aromatic rings. The second-order valence-electron chi connectivity index (χ2n) is 7.83. The number of aromatic nitrogens is 5. The fourth-order valence-electron chi connectivity index (χ4n) is 4.35. The maximum Gasteiger partial charge on any atom is 0.223 e. The second-order valence-corrected chi connectivity index (χ2v) is 7.83. The van der Waals surface area contributed by atoms with Crippen molar-refractivity contribution in [1.29, 1.82) is 5.26 Å². The van der Waals surface area contributed by atoms with Crippen LogP contribution in [0.1, 0.15) is 48.4 Å². The van der Waals surface area contributed by atoms with Crippen LogP contribution in [0.5, 0.6) is 0 Å². The molecule has 5 rings (SSSR count). The molecule has 2 N–H and O–H groups in total. The largest absolute Gasteiger partial charge is 0.352 e. The maximum absolute atomic E-state index is 12.6. The zero-order chi connectivity index (χ0) is 20.5. The van der Waals surface area contributed by atoms with Gasteiger partial charge in [0.05, 0.1) is 17.3 Å². The number of nitriles is 1. The second kappa shape index (κ2) is 7.59. The van der Waals surface area contributed by atoms with Gasteiger partial charge in [0.1, 0.15) is 17.5 Å². The van der Waals surface area contributed by atoms with Gasteiger partial charge in [-0.1, -0.05) is 17.3 Å². The Bertz CT molecular complexity index is 1240. The first-order valence-corrected chi connectivity index (χ1v) is 10.2. The van der Waals surface area contributed by atoms with Gasteiger partial charge in [-0.05, 0) is 49.4 Å². The quantitative estimate of drug-likeness (QED) is 0.548. The lowest BCUT2D eigenvalue weighted by atomic mass is 9.79. The van der Waals surface area contributed by atoms with Gasteiger partial charge in [-0.3, -0.25) is 4.79 Å². The third kappa shape index (κ3) is 3.28. The number of nitrogens with zero attached hydrogens (tertiary/aromatic N) is 5. The summed E-state index contributed by atoms with van der Waals surface area (Å²) in [5.74, 6) is 0.420. The molecule has 0 spiro atoms. The number of amides is 1. The Morgan fingerprint density at radius 2 is 2.00 bits per heavy atom. The number of nitrogens with one attached hydrogen (secondary N) is 2. The zero-order valence-corrected chi connectivity index (χ0v) is 16.4. The van der Waals surface area contributed by atoms with E-state index in [1.54, 1.807) is 23.0 Å². The first-order valence-electron chi connectivity index (χ1n) is 10.2. The van der Waals surface area contributed by atoms with Gasteiger partial charge in [-0.15, -0.1) is 5.10 Å². The molecule has 1 amide bonds. The molecule has 1 aromatic carbocycles. The standard InChI is InChI=1S/C22H21N7O/c23-11-14-1-3-15(4-2-14)12-25-22(30)17-7-5-16(6-8-17)19-20-18-9-10-24-21(18)26-13-29(20)28-27-19/h1-4,9-10,13,16-17,24H,5-8,12H2,(H,25,30). The van der Waals surface area contributed by atoms with Crippen molar-refractivity contribution in [1.82, 2.24) is 30.1 Å². The lowest BCUT2D eigenvalue weighted by molar-refractivity contribution is -0.126. The summed E-state index contributed by atoms with van der Waals surface area (Å²) in [4.78, 5) is 20.1. The lowest BCUT2D eigenvalue weighted by Gasteiger charge is -2.26. The van der Waals surface area contributed by atoms with Crippen molar-refractivity contribution in [2.75, 3.05) is 0 Å². The van der Waals surface area contributed by atoms with Gasteiger partial charge in [0.15, 0.2) is 0 Å². The normalized spacial score (nSPS) is 19.0. The lowest BCUT2D eigenvalue weighted by Crippen LogP contribution is -2.32. The molecule has 0 aliphatic heterocycles. The smallest absolute Gasteiger partial charge is 0.223 e. The van der Waals surface area contributed by atoms with E-state index in [1.165, 1.54) is 0 Å². The van der Waals surface area contributed by atoms with Gasteiger partial charge in [-0.2, -0.15) is 5.26 Å². The van der Waals surface area contributed by atoms with Crippen LogP contribution >= 0.6 is 0 Å². The van der Waals surface area contributed by atoms with Crippen LogP contribution in [0.2, 0.25) is 0 Å². The van der Waals surface area contributed by atoms with Crippen molar-refractivity contribution in [3.63, 3.8) is 0 Å². The van der Waals surface area contributed by atoms with Gasteiger partial charge >= 0.3 is 0 Å². The van der Waals surface area contributed by atoms with Crippen LogP contribution in [0.3, 0.4) is 0 Å². The van der Waals surface area contributed by atoms with Crippen LogP contribution in [0.4, 0.5) is 0 Å². The van der Waals surface area contributed by atoms with Crippen molar-refractivity contribution < 1.29 is 4.79 Å². The number of hydrogen-bond donors (Lipinski definition) is 2. The van der Waals surface area contributed by atoms with Crippen molar-refractivity contribution in [3.05, 3.63) is 59.7 Å². The van der Waals surface area contributed by atoms with Crippen LogP contribution in [0, 0.1) is 17.2 Å². The van der Waals surface area contributed by atoms with Crippen LogP contribution in [0.25, 0.3) is 16.6 Å². The van der Waals surface area contributed by atoms with Crippen molar-refractivity contribution in [2.24, 2.45) is 5.92 Å².